The van der Waals surface area contributed by atoms with Gasteiger partial charge in [-0.3, -0.25) is 4.79 Å². The van der Waals surface area contributed by atoms with Crippen molar-refractivity contribution in [3.05, 3.63) is 65.0 Å². The van der Waals surface area contributed by atoms with Gasteiger partial charge < -0.3 is 14.8 Å². The SMILES string of the molecule is Cc1[nH]c2ccccc2c1C=C1Oc2cccc(O)c2C1=O. The molecule has 0 spiro atoms. The average Bonchev–Trinajstić information content (AvgIpc) is 2.99. The molecule has 1 aliphatic rings. The fraction of sp³-hybridized carbons (Fsp3) is 0.0556. The lowest BCUT2D eigenvalue weighted by Crippen LogP contribution is -1.98. The van der Waals surface area contributed by atoms with Gasteiger partial charge in [-0.25, -0.2) is 0 Å². The van der Waals surface area contributed by atoms with Gasteiger partial charge in [0.15, 0.2) is 5.76 Å². The van der Waals surface area contributed by atoms with Gasteiger partial charge in [-0.15, -0.1) is 0 Å². The number of hydrogen-bond donors (Lipinski definition) is 2. The summed E-state index contributed by atoms with van der Waals surface area (Å²) in [7, 11) is 0. The summed E-state index contributed by atoms with van der Waals surface area (Å²) in [6, 6.07) is 12.7. The van der Waals surface area contributed by atoms with Crippen LogP contribution in [0.25, 0.3) is 17.0 Å². The molecule has 0 fully saturated rings. The molecule has 0 bridgehead atoms. The molecule has 2 heterocycles. The van der Waals surface area contributed by atoms with Crippen molar-refractivity contribution in [2.45, 2.75) is 6.92 Å². The van der Waals surface area contributed by atoms with E-state index in [-0.39, 0.29) is 22.9 Å². The number of H-pyrrole nitrogens is 1. The molecule has 4 heteroatoms. The monoisotopic (exact) mass is 291 g/mol. The molecule has 0 unspecified atom stereocenters. The van der Waals surface area contributed by atoms with Crippen LogP contribution in [-0.4, -0.2) is 15.9 Å². The Bertz CT molecular complexity index is 950. The van der Waals surface area contributed by atoms with E-state index >= 15 is 0 Å². The number of aromatic amines is 1. The number of phenols is 1. The summed E-state index contributed by atoms with van der Waals surface area (Å²) in [4.78, 5) is 15.7. The number of rotatable bonds is 1. The molecule has 0 saturated carbocycles. The molecule has 4 rings (SSSR count). The molecule has 22 heavy (non-hydrogen) atoms. The zero-order valence-electron chi connectivity index (χ0n) is 11.9. The molecule has 4 nitrogen and oxygen atoms in total. The highest BCUT2D eigenvalue weighted by Crippen LogP contribution is 2.38. The van der Waals surface area contributed by atoms with Crippen LogP contribution in [0, 0.1) is 6.92 Å². The summed E-state index contributed by atoms with van der Waals surface area (Å²) < 4.78 is 5.61. The van der Waals surface area contributed by atoms with E-state index < -0.39 is 0 Å². The Kier molecular flexibility index (Phi) is 2.60. The fourth-order valence-electron chi connectivity index (χ4n) is 2.83. The van der Waals surface area contributed by atoms with E-state index in [4.69, 9.17) is 4.74 Å². The first kappa shape index (κ1) is 12.7. The first-order valence-corrected chi connectivity index (χ1v) is 6.98. The van der Waals surface area contributed by atoms with Crippen molar-refractivity contribution in [2.75, 3.05) is 0 Å². The summed E-state index contributed by atoms with van der Waals surface area (Å²) >= 11 is 0. The maximum Gasteiger partial charge on any atom is 0.235 e. The van der Waals surface area contributed by atoms with Crippen LogP contribution in [0.15, 0.2) is 48.2 Å². The molecule has 3 aromatic rings. The molecule has 108 valence electrons. The Morgan fingerprint density at radius 3 is 2.77 bits per heavy atom. The maximum atomic E-state index is 12.4. The smallest absolute Gasteiger partial charge is 0.235 e. The van der Waals surface area contributed by atoms with Crippen LogP contribution in [0.3, 0.4) is 0 Å². The van der Waals surface area contributed by atoms with Crippen molar-refractivity contribution < 1.29 is 14.6 Å². The van der Waals surface area contributed by atoms with E-state index in [1.165, 1.54) is 6.07 Å². The van der Waals surface area contributed by atoms with Crippen LogP contribution in [0.5, 0.6) is 11.5 Å². The predicted octanol–water partition coefficient (Wildman–Crippen LogP) is 3.80. The van der Waals surface area contributed by atoms with Crippen LogP contribution in [0.4, 0.5) is 0 Å². The molecule has 0 radical (unpaired) electrons. The summed E-state index contributed by atoms with van der Waals surface area (Å²) in [6.07, 6.45) is 1.73. The number of fused-ring (bicyclic) bond motifs is 2. The van der Waals surface area contributed by atoms with Gasteiger partial charge in [-0.1, -0.05) is 24.3 Å². The number of carbonyl (C=O) groups excluding carboxylic acids is 1. The van der Waals surface area contributed by atoms with Gasteiger partial charge in [0.25, 0.3) is 0 Å². The lowest BCUT2D eigenvalue weighted by molar-refractivity contribution is 0.101. The second-order valence-corrected chi connectivity index (χ2v) is 5.30. The number of ether oxygens (including phenoxy) is 1. The average molecular weight is 291 g/mol. The maximum absolute atomic E-state index is 12.4. The third kappa shape index (κ3) is 1.74. The lowest BCUT2D eigenvalue weighted by Gasteiger charge is -1.98. The Balaban J connectivity index is 1.86. The topological polar surface area (TPSA) is 62.3 Å². The predicted molar refractivity (Wildman–Crippen MR) is 84.1 cm³/mol. The quantitative estimate of drug-likeness (QED) is 0.670. The normalized spacial score (nSPS) is 15.3. The number of hydrogen-bond acceptors (Lipinski definition) is 3. The van der Waals surface area contributed by atoms with Crippen molar-refractivity contribution >= 4 is 22.8 Å². The standard InChI is InChI=1S/C18H13NO3/c1-10-12(11-5-2-3-6-13(11)19-10)9-16-18(21)17-14(20)7-4-8-15(17)22-16/h2-9,19-20H,1H3. The molecule has 0 amide bonds. The highest BCUT2D eigenvalue weighted by atomic mass is 16.5. The summed E-state index contributed by atoms with van der Waals surface area (Å²) in [5.74, 6) is 0.275. The minimum absolute atomic E-state index is 0.0541. The minimum Gasteiger partial charge on any atom is -0.507 e. The lowest BCUT2D eigenvalue weighted by atomic mass is 10.1. The number of Topliss-reactive ketones (excluding diaryl/α,β-unsaturated/α-hetero) is 1. The van der Waals surface area contributed by atoms with Crippen LogP contribution in [0.2, 0.25) is 0 Å². The van der Waals surface area contributed by atoms with E-state index in [0.717, 1.165) is 22.2 Å². The van der Waals surface area contributed by atoms with Gasteiger partial charge in [0.2, 0.25) is 5.78 Å². The fourth-order valence-corrected chi connectivity index (χ4v) is 2.83. The molecule has 0 saturated heterocycles. The largest absolute Gasteiger partial charge is 0.507 e. The van der Waals surface area contributed by atoms with Crippen LogP contribution >= 0.6 is 0 Å². The zero-order valence-corrected chi connectivity index (χ0v) is 11.9. The van der Waals surface area contributed by atoms with Crippen molar-refractivity contribution in [3.8, 4) is 11.5 Å². The number of aryl methyl sites for hydroxylation is 1. The molecule has 2 N–H and O–H groups in total. The molecule has 1 aliphatic heterocycles. The Hall–Kier alpha value is -3.01. The number of phenolic OH excluding ortho intramolecular Hbond substituents is 1. The number of carbonyl (C=O) groups is 1. The van der Waals surface area contributed by atoms with Crippen molar-refractivity contribution in [2.24, 2.45) is 0 Å². The summed E-state index contributed by atoms with van der Waals surface area (Å²) in [5, 5.41) is 10.9. The van der Waals surface area contributed by atoms with Gasteiger partial charge in [-0.05, 0) is 31.2 Å². The first-order chi connectivity index (χ1) is 10.6. The number of benzene rings is 2. The van der Waals surface area contributed by atoms with E-state index in [0.29, 0.717) is 5.75 Å². The van der Waals surface area contributed by atoms with E-state index in [1.807, 2.05) is 31.2 Å². The van der Waals surface area contributed by atoms with E-state index in [9.17, 15) is 9.90 Å². The number of aromatic hydroxyl groups is 1. The number of aromatic nitrogens is 1. The van der Waals surface area contributed by atoms with Crippen molar-refractivity contribution in [1.29, 1.82) is 0 Å². The molecule has 2 aromatic carbocycles. The second kappa shape index (κ2) is 4.49. The van der Waals surface area contributed by atoms with Crippen molar-refractivity contribution in [1.82, 2.24) is 4.98 Å². The molecule has 0 atom stereocenters. The van der Waals surface area contributed by atoms with Crippen LogP contribution in [-0.2, 0) is 0 Å². The molecule has 0 aliphatic carbocycles. The first-order valence-electron chi connectivity index (χ1n) is 6.98. The van der Waals surface area contributed by atoms with E-state index in [1.54, 1.807) is 18.2 Å². The van der Waals surface area contributed by atoms with Crippen LogP contribution < -0.4 is 4.74 Å². The highest BCUT2D eigenvalue weighted by Gasteiger charge is 2.30. The summed E-state index contributed by atoms with van der Waals surface area (Å²) in [5.41, 5.74) is 3.13. The number of nitrogens with one attached hydrogen (secondary N) is 1. The highest BCUT2D eigenvalue weighted by molar-refractivity contribution is 6.16. The van der Waals surface area contributed by atoms with Crippen molar-refractivity contribution in [3.63, 3.8) is 0 Å². The third-order valence-corrected chi connectivity index (χ3v) is 3.89. The molecular weight excluding hydrogens is 278 g/mol. The number of para-hydroxylation sites is 1. The van der Waals surface area contributed by atoms with Gasteiger partial charge in [-0.2, -0.15) is 0 Å². The number of ketones is 1. The Labute approximate surface area is 126 Å². The van der Waals surface area contributed by atoms with Gasteiger partial charge in [0.05, 0.1) is 0 Å². The molecule has 1 aromatic heterocycles. The Morgan fingerprint density at radius 2 is 1.95 bits per heavy atom. The molecular formula is C18H13NO3. The van der Waals surface area contributed by atoms with E-state index in [2.05, 4.69) is 4.98 Å². The zero-order chi connectivity index (χ0) is 15.3. The number of allylic oxidation sites excluding steroid dienone is 1. The summed E-state index contributed by atoms with van der Waals surface area (Å²) in [6.45, 7) is 1.95. The van der Waals surface area contributed by atoms with Gasteiger partial charge in [0, 0.05) is 22.2 Å². The third-order valence-electron chi connectivity index (χ3n) is 3.89. The second-order valence-electron chi connectivity index (χ2n) is 5.30. The van der Waals surface area contributed by atoms with Crippen LogP contribution in [0.1, 0.15) is 21.6 Å². The minimum atomic E-state index is -0.294. The Morgan fingerprint density at radius 1 is 1.14 bits per heavy atom. The van der Waals surface area contributed by atoms with Gasteiger partial charge >= 0.3 is 0 Å². The van der Waals surface area contributed by atoms with Gasteiger partial charge in [0.1, 0.15) is 17.1 Å².